The number of rotatable bonds is 5. The second-order valence-corrected chi connectivity index (χ2v) is 4.47. The summed E-state index contributed by atoms with van der Waals surface area (Å²) in [5.41, 5.74) is 4.82. The molecule has 18 heavy (non-hydrogen) atoms. The molecule has 0 saturated heterocycles. The molecule has 0 aliphatic rings. The molecule has 6 nitrogen and oxygen atoms in total. The Morgan fingerprint density at radius 2 is 2.17 bits per heavy atom. The van der Waals surface area contributed by atoms with Gasteiger partial charge >= 0.3 is 0 Å². The average molecular weight is 257 g/mol. The smallest absolute Gasteiger partial charge is 0.295 e. The van der Waals surface area contributed by atoms with Crippen molar-refractivity contribution in [2.45, 2.75) is 19.4 Å². The molecular weight excluding hydrogens is 241 g/mol. The average Bonchev–Trinajstić information content (AvgIpc) is 2.30. The molecule has 1 aromatic rings. The van der Waals surface area contributed by atoms with E-state index in [1.54, 1.807) is 13.8 Å². The normalized spacial score (nSPS) is 11.2. The van der Waals surface area contributed by atoms with Crippen LogP contribution in [-0.4, -0.2) is 24.1 Å². The zero-order chi connectivity index (χ0) is 13.9. The Balaban J connectivity index is 3.26. The number of halogens is 1. The van der Waals surface area contributed by atoms with E-state index < -0.39 is 16.3 Å². The Hall–Kier alpha value is -1.89. The minimum absolute atomic E-state index is 0.0593. The van der Waals surface area contributed by atoms with Gasteiger partial charge in [0.1, 0.15) is 5.69 Å². The predicted octanol–water partition coefficient (Wildman–Crippen LogP) is 1.89. The molecule has 0 aliphatic carbocycles. The number of nitro groups is 1. The molecule has 0 heterocycles. The van der Waals surface area contributed by atoms with Crippen molar-refractivity contribution in [3.8, 4) is 5.75 Å². The molecule has 0 unspecified atom stereocenters. The number of nitro benzene ring substituents is 1. The van der Waals surface area contributed by atoms with Crippen LogP contribution >= 0.6 is 0 Å². The maximum Gasteiger partial charge on any atom is 0.295 e. The quantitative estimate of drug-likeness (QED) is 0.621. The lowest BCUT2D eigenvalue weighted by Gasteiger charge is -2.25. The number of methoxy groups -OCH3 is 1. The summed E-state index contributed by atoms with van der Waals surface area (Å²) >= 11 is 0. The second kappa shape index (κ2) is 5.18. The molecular formula is C11H16FN3O3. The van der Waals surface area contributed by atoms with Gasteiger partial charge in [0.25, 0.3) is 5.69 Å². The van der Waals surface area contributed by atoms with E-state index >= 15 is 0 Å². The third kappa shape index (κ3) is 3.07. The van der Waals surface area contributed by atoms with E-state index in [4.69, 9.17) is 10.5 Å². The van der Waals surface area contributed by atoms with Gasteiger partial charge in [0, 0.05) is 18.2 Å². The van der Waals surface area contributed by atoms with E-state index in [1.165, 1.54) is 13.2 Å². The minimum atomic E-state index is -0.777. The van der Waals surface area contributed by atoms with Crippen LogP contribution in [0.3, 0.4) is 0 Å². The van der Waals surface area contributed by atoms with Crippen LogP contribution < -0.4 is 15.8 Å². The standard InChI is InChI=1S/C11H16FN3O3/c1-11(2,6-13)14-8-5-10(18-3)7(12)4-9(8)15(16)17/h4-5,14H,6,13H2,1-3H3. The Morgan fingerprint density at radius 1 is 1.56 bits per heavy atom. The molecule has 0 spiro atoms. The third-order valence-electron chi connectivity index (χ3n) is 2.45. The fraction of sp³-hybridized carbons (Fsp3) is 0.455. The number of benzene rings is 1. The monoisotopic (exact) mass is 257 g/mol. The van der Waals surface area contributed by atoms with Gasteiger partial charge in [0.2, 0.25) is 0 Å². The molecule has 0 saturated carbocycles. The lowest BCUT2D eigenvalue weighted by molar-refractivity contribution is -0.384. The molecule has 0 amide bonds. The maximum atomic E-state index is 13.4. The van der Waals surface area contributed by atoms with Crippen molar-refractivity contribution in [1.29, 1.82) is 0 Å². The van der Waals surface area contributed by atoms with E-state index in [1.807, 2.05) is 0 Å². The van der Waals surface area contributed by atoms with Crippen molar-refractivity contribution in [2.24, 2.45) is 5.73 Å². The van der Waals surface area contributed by atoms with Crippen molar-refractivity contribution >= 4 is 11.4 Å². The number of ether oxygens (including phenoxy) is 1. The summed E-state index contributed by atoms with van der Waals surface area (Å²) in [6.45, 7) is 3.84. The van der Waals surface area contributed by atoms with Gasteiger partial charge in [-0.2, -0.15) is 0 Å². The molecule has 0 aliphatic heterocycles. The van der Waals surface area contributed by atoms with E-state index in [2.05, 4.69) is 5.32 Å². The van der Waals surface area contributed by atoms with Gasteiger partial charge in [-0.25, -0.2) is 4.39 Å². The van der Waals surface area contributed by atoms with E-state index in [9.17, 15) is 14.5 Å². The minimum Gasteiger partial charge on any atom is -0.494 e. The molecule has 0 bridgehead atoms. The van der Waals surface area contributed by atoms with Crippen LogP contribution in [0.25, 0.3) is 0 Å². The highest BCUT2D eigenvalue weighted by Gasteiger charge is 2.24. The molecule has 7 heteroatoms. The molecule has 1 aromatic carbocycles. The van der Waals surface area contributed by atoms with Crippen molar-refractivity contribution < 1.29 is 14.1 Å². The molecule has 0 fully saturated rings. The highest BCUT2D eigenvalue weighted by atomic mass is 19.1. The Labute approximate surface area is 104 Å². The lowest BCUT2D eigenvalue weighted by atomic mass is 10.1. The summed E-state index contributed by atoms with van der Waals surface area (Å²) in [6.07, 6.45) is 0. The summed E-state index contributed by atoms with van der Waals surface area (Å²) < 4.78 is 18.2. The summed E-state index contributed by atoms with van der Waals surface area (Å²) in [7, 11) is 1.29. The van der Waals surface area contributed by atoms with Gasteiger partial charge in [0.05, 0.1) is 18.1 Å². The molecule has 100 valence electrons. The molecule has 0 radical (unpaired) electrons. The fourth-order valence-corrected chi connectivity index (χ4v) is 1.37. The Morgan fingerprint density at radius 3 is 2.61 bits per heavy atom. The lowest BCUT2D eigenvalue weighted by Crippen LogP contribution is -2.39. The van der Waals surface area contributed by atoms with Crippen molar-refractivity contribution in [2.75, 3.05) is 19.0 Å². The van der Waals surface area contributed by atoms with Crippen LogP contribution in [0, 0.1) is 15.9 Å². The summed E-state index contributed by atoms with van der Waals surface area (Å²) in [5.74, 6) is -0.837. The molecule has 3 N–H and O–H groups in total. The Bertz CT molecular complexity index is 463. The van der Waals surface area contributed by atoms with E-state index in [0.717, 1.165) is 6.07 Å². The van der Waals surface area contributed by atoms with E-state index in [-0.39, 0.29) is 23.7 Å². The first-order valence-electron chi connectivity index (χ1n) is 5.31. The summed E-state index contributed by atoms with van der Waals surface area (Å²) in [4.78, 5) is 10.2. The van der Waals surface area contributed by atoms with Gasteiger partial charge in [0.15, 0.2) is 11.6 Å². The van der Waals surface area contributed by atoms with Crippen molar-refractivity contribution in [3.63, 3.8) is 0 Å². The second-order valence-electron chi connectivity index (χ2n) is 4.47. The van der Waals surface area contributed by atoms with Crippen LogP contribution in [0.1, 0.15) is 13.8 Å². The van der Waals surface area contributed by atoms with Gasteiger partial charge < -0.3 is 15.8 Å². The number of nitrogens with one attached hydrogen (secondary N) is 1. The largest absolute Gasteiger partial charge is 0.494 e. The van der Waals surface area contributed by atoms with Crippen LogP contribution in [-0.2, 0) is 0 Å². The maximum absolute atomic E-state index is 13.4. The number of nitrogens with zero attached hydrogens (tertiary/aromatic N) is 1. The van der Waals surface area contributed by atoms with Gasteiger partial charge in [-0.05, 0) is 13.8 Å². The number of nitrogens with two attached hydrogens (primary N) is 1. The molecule has 0 atom stereocenters. The highest BCUT2D eigenvalue weighted by molar-refractivity contribution is 5.65. The van der Waals surface area contributed by atoms with Crippen molar-refractivity contribution in [1.82, 2.24) is 0 Å². The van der Waals surface area contributed by atoms with Crippen LogP contribution in [0.5, 0.6) is 5.75 Å². The number of hydrogen-bond acceptors (Lipinski definition) is 5. The molecule has 1 rings (SSSR count). The first-order chi connectivity index (χ1) is 8.30. The van der Waals surface area contributed by atoms with Gasteiger partial charge in [-0.3, -0.25) is 10.1 Å². The summed E-state index contributed by atoms with van der Waals surface area (Å²) in [5, 5.41) is 13.8. The topological polar surface area (TPSA) is 90.4 Å². The van der Waals surface area contributed by atoms with E-state index in [0.29, 0.717) is 0 Å². The van der Waals surface area contributed by atoms with Crippen LogP contribution in [0.15, 0.2) is 12.1 Å². The Kier molecular flexibility index (Phi) is 4.07. The molecule has 0 aromatic heterocycles. The first-order valence-corrected chi connectivity index (χ1v) is 5.31. The van der Waals surface area contributed by atoms with Crippen LogP contribution in [0.4, 0.5) is 15.8 Å². The van der Waals surface area contributed by atoms with Gasteiger partial charge in [-0.1, -0.05) is 0 Å². The number of hydrogen-bond donors (Lipinski definition) is 2. The van der Waals surface area contributed by atoms with Gasteiger partial charge in [-0.15, -0.1) is 0 Å². The SMILES string of the molecule is COc1cc(NC(C)(C)CN)c([N+](=O)[O-])cc1F. The predicted molar refractivity (Wildman–Crippen MR) is 66.4 cm³/mol. The van der Waals surface area contributed by atoms with Crippen LogP contribution in [0.2, 0.25) is 0 Å². The third-order valence-corrected chi connectivity index (χ3v) is 2.45. The first kappa shape index (κ1) is 14.2. The highest BCUT2D eigenvalue weighted by Crippen LogP contribution is 2.33. The van der Waals surface area contributed by atoms with Crippen molar-refractivity contribution in [3.05, 3.63) is 28.1 Å². The fourth-order valence-electron chi connectivity index (χ4n) is 1.37. The zero-order valence-electron chi connectivity index (χ0n) is 10.5. The summed E-state index contributed by atoms with van der Waals surface area (Å²) in [6, 6.07) is 2.08. The number of anilines is 1. The zero-order valence-corrected chi connectivity index (χ0v) is 10.5.